The summed E-state index contributed by atoms with van der Waals surface area (Å²) in [5, 5.41) is 3.82. The lowest BCUT2D eigenvalue weighted by Crippen LogP contribution is -2.41. The molecule has 0 aliphatic carbocycles. The molecule has 1 aromatic carbocycles. The number of piperidine rings is 1. The van der Waals surface area contributed by atoms with Crippen LogP contribution < -0.4 is 10.7 Å². The topological polar surface area (TPSA) is 54.3 Å². The summed E-state index contributed by atoms with van der Waals surface area (Å²) in [6, 6.07) is 7.36. The summed E-state index contributed by atoms with van der Waals surface area (Å²) in [4.78, 5) is 26.8. The quantitative estimate of drug-likeness (QED) is 0.676. The highest BCUT2D eigenvalue weighted by Crippen LogP contribution is 2.23. The molecule has 5 nitrogen and oxygen atoms in total. The van der Waals surface area contributed by atoms with Gasteiger partial charge in [-0.15, -0.1) is 0 Å². The fraction of sp³-hybridized carbons (Fsp3) is 0.524. The predicted molar refractivity (Wildman–Crippen MR) is 113 cm³/mol. The number of unbranched alkanes of at least 4 members (excludes halogenated alkanes) is 2. The summed E-state index contributed by atoms with van der Waals surface area (Å²) in [5.74, 6) is 0.336. The molecule has 0 atom stereocenters. The highest BCUT2D eigenvalue weighted by Gasteiger charge is 2.25. The van der Waals surface area contributed by atoms with E-state index in [0.29, 0.717) is 0 Å². The molecule has 6 heteroatoms. The largest absolute Gasteiger partial charge is 0.356 e. The second-order valence-electron chi connectivity index (χ2n) is 7.32. The maximum Gasteiger partial charge on any atom is 0.223 e. The summed E-state index contributed by atoms with van der Waals surface area (Å²) < 4.78 is 3.05. The van der Waals surface area contributed by atoms with Crippen molar-refractivity contribution >= 4 is 32.7 Å². The number of halogens is 1. The zero-order chi connectivity index (χ0) is 19.2. The van der Waals surface area contributed by atoms with Crippen LogP contribution in [0.15, 0.2) is 39.7 Å². The number of amides is 1. The summed E-state index contributed by atoms with van der Waals surface area (Å²) >= 11 is 3.58. The number of nitrogens with one attached hydrogen (secondary N) is 1. The maximum absolute atomic E-state index is 12.3. The summed E-state index contributed by atoms with van der Waals surface area (Å²) in [6.45, 7) is 5.48. The van der Waals surface area contributed by atoms with Crippen LogP contribution in [0.2, 0.25) is 0 Å². The molecule has 1 saturated heterocycles. The summed E-state index contributed by atoms with van der Waals surface area (Å²) in [5.41, 5.74) is 0.974. The van der Waals surface area contributed by atoms with Crippen LogP contribution in [0, 0.1) is 5.92 Å². The molecular weight excluding hydrogens is 406 g/mol. The fourth-order valence-corrected chi connectivity index (χ4v) is 4.32. The van der Waals surface area contributed by atoms with Gasteiger partial charge in [-0.2, -0.15) is 0 Å². The minimum Gasteiger partial charge on any atom is -0.356 e. The van der Waals surface area contributed by atoms with E-state index in [1.807, 2.05) is 24.4 Å². The molecule has 1 aliphatic rings. The third-order valence-electron chi connectivity index (χ3n) is 5.34. The molecule has 0 saturated carbocycles. The first-order chi connectivity index (χ1) is 13.1. The Kier molecular flexibility index (Phi) is 7.07. The Morgan fingerprint density at radius 1 is 1.22 bits per heavy atom. The lowest BCUT2D eigenvalue weighted by molar-refractivity contribution is -0.126. The predicted octanol–water partition coefficient (Wildman–Crippen LogP) is 3.74. The van der Waals surface area contributed by atoms with Crippen molar-refractivity contribution in [1.29, 1.82) is 0 Å². The first-order valence-electron chi connectivity index (χ1n) is 9.88. The molecule has 0 bridgehead atoms. The van der Waals surface area contributed by atoms with Crippen molar-refractivity contribution < 1.29 is 4.79 Å². The van der Waals surface area contributed by atoms with Gasteiger partial charge in [0.2, 0.25) is 5.91 Å². The lowest BCUT2D eigenvalue weighted by atomic mass is 9.96. The number of para-hydroxylation sites is 1. The van der Waals surface area contributed by atoms with Crippen molar-refractivity contribution in [2.24, 2.45) is 5.92 Å². The molecule has 1 fully saturated rings. The smallest absolute Gasteiger partial charge is 0.223 e. The van der Waals surface area contributed by atoms with E-state index >= 15 is 0 Å². The van der Waals surface area contributed by atoms with Gasteiger partial charge in [0, 0.05) is 47.7 Å². The molecule has 0 radical (unpaired) electrons. The molecule has 1 aromatic heterocycles. The first-order valence-corrected chi connectivity index (χ1v) is 10.7. The molecule has 27 heavy (non-hydrogen) atoms. The van der Waals surface area contributed by atoms with E-state index in [9.17, 15) is 9.59 Å². The molecule has 3 rings (SSSR count). The van der Waals surface area contributed by atoms with Crippen LogP contribution in [0.3, 0.4) is 0 Å². The third kappa shape index (κ3) is 4.99. The standard InChI is InChI=1S/C21H28BrN3O2/c1-2-3-4-11-23-21(27)16-8-12-24(13-9-16)15-25-14-10-19(26)17-6-5-7-18(22)20(17)25/h5-7,10,14,16H,2-4,8-9,11-13,15H2,1H3,(H,23,27). The monoisotopic (exact) mass is 433 g/mol. The van der Waals surface area contributed by atoms with Crippen molar-refractivity contribution in [1.82, 2.24) is 14.8 Å². The minimum atomic E-state index is 0.0426. The number of likely N-dealkylation sites (tertiary alicyclic amines) is 1. The molecule has 146 valence electrons. The molecular formula is C21H28BrN3O2. The van der Waals surface area contributed by atoms with E-state index in [0.717, 1.165) is 60.9 Å². The van der Waals surface area contributed by atoms with E-state index in [4.69, 9.17) is 0 Å². The normalized spacial score (nSPS) is 15.9. The van der Waals surface area contributed by atoms with Gasteiger partial charge in [-0.1, -0.05) is 25.8 Å². The Balaban J connectivity index is 1.59. The summed E-state index contributed by atoms with van der Waals surface area (Å²) in [7, 11) is 0. The van der Waals surface area contributed by atoms with Crippen molar-refractivity contribution in [3.63, 3.8) is 0 Å². The Bertz CT molecular complexity index is 841. The van der Waals surface area contributed by atoms with Gasteiger partial charge in [0.05, 0.1) is 12.2 Å². The van der Waals surface area contributed by atoms with E-state index < -0.39 is 0 Å². The maximum atomic E-state index is 12.3. The number of pyridine rings is 1. The van der Waals surface area contributed by atoms with Gasteiger partial charge in [0.1, 0.15) is 0 Å². The summed E-state index contributed by atoms with van der Waals surface area (Å²) in [6.07, 6.45) is 7.04. The van der Waals surface area contributed by atoms with E-state index in [-0.39, 0.29) is 17.3 Å². The molecule has 1 N–H and O–H groups in total. The van der Waals surface area contributed by atoms with E-state index in [1.54, 1.807) is 6.07 Å². The number of hydrogen-bond acceptors (Lipinski definition) is 3. The highest BCUT2D eigenvalue weighted by atomic mass is 79.9. The number of carbonyl (C=O) groups excluding carboxylic acids is 1. The number of nitrogens with zero attached hydrogens (tertiary/aromatic N) is 2. The van der Waals surface area contributed by atoms with Gasteiger partial charge in [-0.3, -0.25) is 14.5 Å². The van der Waals surface area contributed by atoms with Crippen LogP contribution in [0.4, 0.5) is 0 Å². The molecule has 2 heterocycles. The molecule has 2 aromatic rings. The second kappa shape index (κ2) is 9.51. The number of hydrogen-bond donors (Lipinski definition) is 1. The van der Waals surface area contributed by atoms with Gasteiger partial charge in [-0.25, -0.2) is 0 Å². The van der Waals surface area contributed by atoms with E-state index in [1.165, 1.54) is 12.8 Å². The number of aromatic nitrogens is 1. The fourth-order valence-electron chi connectivity index (χ4n) is 3.73. The minimum absolute atomic E-state index is 0.0426. The zero-order valence-corrected chi connectivity index (χ0v) is 17.5. The lowest BCUT2D eigenvalue weighted by Gasteiger charge is -2.32. The number of benzene rings is 1. The Morgan fingerprint density at radius 2 is 2.00 bits per heavy atom. The zero-order valence-electron chi connectivity index (χ0n) is 15.9. The van der Waals surface area contributed by atoms with Crippen molar-refractivity contribution in [2.75, 3.05) is 19.6 Å². The van der Waals surface area contributed by atoms with Crippen molar-refractivity contribution in [3.05, 3.63) is 45.2 Å². The van der Waals surface area contributed by atoms with Crippen LogP contribution in [-0.2, 0) is 11.5 Å². The number of carbonyl (C=O) groups is 1. The molecule has 1 amide bonds. The van der Waals surface area contributed by atoms with E-state index in [2.05, 4.69) is 37.6 Å². The number of fused-ring (bicyclic) bond motifs is 1. The first kappa shape index (κ1) is 20.1. The van der Waals surface area contributed by atoms with Crippen LogP contribution in [-0.4, -0.2) is 35.0 Å². The SMILES string of the molecule is CCCCCNC(=O)C1CCN(Cn2ccc(=O)c3cccc(Br)c32)CC1. The Morgan fingerprint density at radius 3 is 2.74 bits per heavy atom. The van der Waals surface area contributed by atoms with Gasteiger partial charge >= 0.3 is 0 Å². The average Bonchev–Trinajstić information content (AvgIpc) is 2.68. The van der Waals surface area contributed by atoms with Gasteiger partial charge in [-0.05, 0) is 47.3 Å². The second-order valence-corrected chi connectivity index (χ2v) is 8.17. The third-order valence-corrected chi connectivity index (χ3v) is 5.98. The molecule has 0 unspecified atom stereocenters. The van der Waals surface area contributed by atoms with Gasteiger partial charge in [0.25, 0.3) is 0 Å². The van der Waals surface area contributed by atoms with Crippen LogP contribution in [0.1, 0.15) is 39.0 Å². The van der Waals surface area contributed by atoms with Gasteiger partial charge < -0.3 is 9.88 Å². The highest BCUT2D eigenvalue weighted by molar-refractivity contribution is 9.10. The molecule has 0 spiro atoms. The average molecular weight is 434 g/mol. The number of rotatable bonds is 7. The van der Waals surface area contributed by atoms with Crippen LogP contribution >= 0.6 is 15.9 Å². The molecule has 1 aliphatic heterocycles. The van der Waals surface area contributed by atoms with Crippen molar-refractivity contribution in [3.8, 4) is 0 Å². The Hall–Kier alpha value is -1.66. The van der Waals surface area contributed by atoms with Crippen LogP contribution in [0.25, 0.3) is 10.9 Å². The van der Waals surface area contributed by atoms with Crippen molar-refractivity contribution in [2.45, 2.75) is 45.7 Å². The Labute approximate surface area is 168 Å². The van der Waals surface area contributed by atoms with Gasteiger partial charge in [0.15, 0.2) is 5.43 Å². The van der Waals surface area contributed by atoms with Crippen LogP contribution in [0.5, 0.6) is 0 Å².